The van der Waals surface area contributed by atoms with Crippen LogP contribution in [0.15, 0.2) is 71.6 Å². The van der Waals surface area contributed by atoms with Crippen LogP contribution in [0.1, 0.15) is 74.1 Å². The quantitative estimate of drug-likeness (QED) is 0.247. The molecule has 4 aromatic rings. The van der Waals surface area contributed by atoms with Crippen molar-refractivity contribution in [1.82, 2.24) is 19.9 Å². The predicted molar refractivity (Wildman–Crippen MR) is 188 cm³/mol. The topological polar surface area (TPSA) is 118 Å². The molecule has 0 spiro atoms. The van der Waals surface area contributed by atoms with Crippen LogP contribution in [0.4, 0.5) is 11.8 Å². The van der Waals surface area contributed by atoms with Crippen molar-refractivity contribution >= 4 is 27.7 Å². The van der Waals surface area contributed by atoms with Gasteiger partial charge in [0.05, 0.1) is 28.9 Å². The average molecular weight is 669 g/mol. The van der Waals surface area contributed by atoms with E-state index in [1.165, 1.54) is 12.1 Å². The molecule has 1 N–H and O–H groups in total. The van der Waals surface area contributed by atoms with E-state index in [4.69, 9.17) is 9.72 Å². The van der Waals surface area contributed by atoms with Crippen molar-refractivity contribution in [3.05, 3.63) is 89.1 Å². The van der Waals surface area contributed by atoms with E-state index in [1.54, 1.807) is 23.1 Å². The van der Waals surface area contributed by atoms with Gasteiger partial charge in [0.15, 0.2) is 0 Å². The molecule has 2 aliphatic heterocycles. The van der Waals surface area contributed by atoms with Gasteiger partial charge in [-0.25, -0.2) is 23.1 Å². The number of carbonyl (C=O) groups excluding carboxylic acids is 1. The van der Waals surface area contributed by atoms with E-state index in [2.05, 4.69) is 47.3 Å². The molecule has 1 saturated heterocycles. The Morgan fingerprint density at radius 2 is 1.69 bits per heavy atom. The minimum atomic E-state index is -4.16. The third kappa shape index (κ3) is 7.31. The largest absolute Gasteiger partial charge is 0.475 e. The van der Waals surface area contributed by atoms with Crippen LogP contribution in [-0.4, -0.2) is 59.4 Å². The van der Waals surface area contributed by atoms with Crippen molar-refractivity contribution in [2.75, 3.05) is 22.8 Å². The Morgan fingerprint density at radius 1 is 0.958 bits per heavy atom. The highest BCUT2D eigenvalue weighted by Gasteiger charge is 2.32. The smallest absolute Gasteiger partial charge is 0.264 e. The van der Waals surface area contributed by atoms with Gasteiger partial charge < -0.3 is 14.5 Å². The summed E-state index contributed by atoms with van der Waals surface area (Å²) in [6, 6.07) is 19.7. The molecule has 11 heteroatoms. The lowest BCUT2D eigenvalue weighted by Gasteiger charge is -2.35. The van der Waals surface area contributed by atoms with E-state index in [1.807, 2.05) is 50.2 Å². The standard InChI is InChI=1S/C37H44N6O4S/c1-24-11-7-12-25(2)34(24)31-20-33-40-36(39-31)41-48(45,46)30-16-8-14-27(19-30)35(44)43(29(23-47-33)21-37(4,5)6)22-28-15-9-17-32(38-28)42-18-10-13-26(42)3/h7-9,11-12,14-17,19-20,26,29H,10,13,18,21-23H2,1-6H3,(H,39,40,41)/t26-,29-/m1/s1. The molecule has 0 aliphatic carbocycles. The van der Waals surface area contributed by atoms with E-state index in [9.17, 15) is 13.2 Å². The summed E-state index contributed by atoms with van der Waals surface area (Å²) in [6.45, 7) is 13.9. The van der Waals surface area contributed by atoms with E-state index >= 15 is 0 Å². The Bertz CT molecular complexity index is 1920. The van der Waals surface area contributed by atoms with Crippen molar-refractivity contribution in [2.24, 2.45) is 5.41 Å². The van der Waals surface area contributed by atoms with Crippen LogP contribution in [0.3, 0.4) is 0 Å². The highest BCUT2D eigenvalue weighted by atomic mass is 32.2. The van der Waals surface area contributed by atoms with Gasteiger partial charge in [-0.1, -0.05) is 51.1 Å². The molecule has 0 radical (unpaired) electrons. The average Bonchev–Trinajstić information content (AvgIpc) is 3.46. The highest BCUT2D eigenvalue weighted by Crippen LogP contribution is 2.32. The molecule has 4 heterocycles. The number of nitrogens with zero attached hydrogens (tertiary/aromatic N) is 5. The van der Waals surface area contributed by atoms with Gasteiger partial charge in [0.2, 0.25) is 11.8 Å². The van der Waals surface area contributed by atoms with Crippen LogP contribution in [0.25, 0.3) is 11.3 Å². The summed E-state index contributed by atoms with van der Waals surface area (Å²) in [7, 11) is -4.16. The first-order chi connectivity index (χ1) is 22.8. The first-order valence-corrected chi connectivity index (χ1v) is 18.0. The third-order valence-electron chi connectivity index (χ3n) is 9.00. The SMILES string of the molecule is Cc1cccc(C)c1-c1cc2nc(n1)NS(=O)(=O)c1cccc(c1)C(=O)N(Cc1cccc(N3CCC[C@H]3C)n1)[C@H](CC(C)(C)C)CO2. The molecule has 2 aromatic heterocycles. The van der Waals surface area contributed by atoms with Crippen molar-refractivity contribution in [3.63, 3.8) is 0 Å². The van der Waals surface area contributed by atoms with Crippen molar-refractivity contribution < 1.29 is 17.9 Å². The summed E-state index contributed by atoms with van der Waals surface area (Å²) in [5, 5.41) is 0. The van der Waals surface area contributed by atoms with Gasteiger partial charge in [-0.15, -0.1) is 0 Å². The number of rotatable bonds is 5. The lowest BCUT2D eigenvalue weighted by atomic mass is 9.87. The molecular formula is C37H44N6O4S. The number of hydrogen-bond donors (Lipinski definition) is 1. The van der Waals surface area contributed by atoms with E-state index in [0.29, 0.717) is 18.2 Å². The Kier molecular flexibility index (Phi) is 9.17. The Hall–Kier alpha value is -4.51. The molecule has 252 valence electrons. The van der Waals surface area contributed by atoms with Crippen molar-refractivity contribution in [2.45, 2.75) is 84.3 Å². The minimum absolute atomic E-state index is 0.0633. The Morgan fingerprint density at radius 3 is 2.40 bits per heavy atom. The van der Waals surface area contributed by atoms with Gasteiger partial charge >= 0.3 is 0 Å². The van der Waals surface area contributed by atoms with Crippen LogP contribution in [-0.2, 0) is 16.6 Å². The molecule has 2 aromatic carbocycles. The minimum Gasteiger partial charge on any atom is -0.475 e. The van der Waals surface area contributed by atoms with Crippen LogP contribution >= 0.6 is 0 Å². The van der Waals surface area contributed by atoms with Crippen LogP contribution in [0.2, 0.25) is 0 Å². The summed E-state index contributed by atoms with van der Waals surface area (Å²) >= 11 is 0. The second-order valence-corrected chi connectivity index (χ2v) is 15.8. The summed E-state index contributed by atoms with van der Waals surface area (Å²) in [5.41, 5.74) is 4.21. The number of amides is 1. The van der Waals surface area contributed by atoms with Crippen LogP contribution in [0, 0.1) is 19.3 Å². The number of nitrogens with one attached hydrogen (secondary N) is 1. The van der Waals surface area contributed by atoms with E-state index in [0.717, 1.165) is 47.6 Å². The second-order valence-electron chi connectivity index (χ2n) is 14.1. The fourth-order valence-corrected chi connectivity index (χ4v) is 7.70. The number of hydrogen-bond acceptors (Lipinski definition) is 8. The Labute approximate surface area is 283 Å². The molecule has 4 bridgehead atoms. The molecule has 10 nitrogen and oxygen atoms in total. The maximum atomic E-state index is 14.5. The molecule has 6 rings (SSSR count). The second kappa shape index (κ2) is 13.2. The number of carbonyl (C=O) groups is 1. The third-order valence-corrected chi connectivity index (χ3v) is 10.3. The lowest BCUT2D eigenvalue weighted by molar-refractivity contribution is 0.0509. The molecule has 1 fully saturated rings. The maximum Gasteiger partial charge on any atom is 0.264 e. The number of ether oxygens (including phenoxy) is 1. The number of sulfonamides is 1. The zero-order valence-electron chi connectivity index (χ0n) is 28.5. The zero-order valence-corrected chi connectivity index (χ0v) is 29.3. The number of benzene rings is 2. The fourth-order valence-electron chi connectivity index (χ4n) is 6.71. The monoisotopic (exact) mass is 668 g/mol. The number of aryl methyl sites for hydroxylation is 2. The van der Waals surface area contributed by atoms with Gasteiger partial charge in [0.25, 0.3) is 15.9 Å². The van der Waals surface area contributed by atoms with E-state index in [-0.39, 0.29) is 46.8 Å². The number of fused-ring (bicyclic) bond motifs is 4. The van der Waals surface area contributed by atoms with Gasteiger partial charge in [-0.05, 0) is 86.9 Å². The first-order valence-electron chi connectivity index (χ1n) is 16.5. The maximum absolute atomic E-state index is 14.5. The van der Waals surface area contributed by atoms with Gasteiger partial charge in [-0.2, -0.15) is 4.98 Å². The Balaban J connectivity index is 1.47. The molecular weight excluding hydrogens is 625 g/mol. The molecule has 0 unspecified atom stereocenters. The predicted octanol–water partition coefficient (Wildman–Crippen LogP) is 6.78. The van der Waals surface area contributed by atoms with Crippen LogP contribution < -0.4 is 14.4 Å². The summed E-state index contributed by atoms with van der Waals surface area (Å²) in [4.78, 5) is 32.7. The van der Waals surface area contributed by atoms with Gasteiger partial charge in [0.1, 0.15) is 12.4 Å². The number of aromatic nitrogens is 3. The van der Waals surface area contributed by atoms with Gasteiger partial charge in [0, 0.05) is 29.8 Å². The molecule has 48 heavy (non-hydrogen) atoms. The van der Waals surface area contributed by atoms with Crippen molar-refractivity contribution in [3.8, 4) is 17.1 Å². The molecule has 0 saturated carbocycles. The van der Waals surface area contributed by atoms with Gasteiger partial charge in [-0.3, -0.25) is 4.79 Å². The number of anilines is 2. The van der Waals surface area contributed by atoms with E-state index < -0.39 is 16.1 Å². The molecule has 1 amide bonds. The number of pyridine rings is 1. The summed E-state index contributed by atoms with van der Waals surface area (Å²) < 4.78 is 36.4. The highest BCUT2D eigenvalue weighted by molar-refractivity contribution is 7.92. The fraction of sp³-hybridized carbons (Fsp3) is 0.405. The summed E-state index contributed by atoms with van der Waals surface area (Å²) in [6.07, 6.45) is 2.84. The molecule has 2 atom stereocenters. The molecule has 2 aliphatic rings. The normalized spacial score (nSPS) is 19.5. The van der Waals surface area contributed by atoms with Crippen LogP contribution in [0.5, 0.6) is 5.88 Å². The summed E-state index contributed by atoms with van der Waals surface area (Å²) in [5.74, 6) is 0.689. The first kappa shape index (κ1) is 33.4. The zero-order chi connectivity index (χ0) is 34.2. The van der Waals surface area contributed by atoms with Crippen molar-refractivity contribution in [1.29, 1.82) is 0 Å². The lowest BCUT2D eigenvalue weighted by Crippen LogP contribution is -2.45.